The van der Waals surface area contributed by atoms with Crippen LogP contribution in [0.2, 0.25) is 5.02 Å². The lowest BCUT2D eigenvalue weighted by molar-refractivity contribution is 0.204. The van der Waals surface area contributed by atoms with Crippen molar-refractivity contribution in [2.24, 2.45) is 17.8 Å². The van der Waals surface area contributed by atoms with Crippen molar-refractivity contribution in [1.29, 1.82) is 0 Å². The molecule has 6 heteroatoms. The van der Waals surface area contributed by atoms with Crippen LogP contribution in [0.15, 0.2) is 29.2 Å². The third-order valence-corrected chi connectivity index (χ3v) is 7.81. The van der Waals surface area contributed by atoms with Gasteiger partial charge in [-0.3, -0.25) is 4.90 Å². The topological polar surface area (TPSA) is 40.6 Å². The second-order valence-corrected chi connectivity index (χ2v) is 10.6. The Morgan fingerprint density at radius 2 is 1.85 bits per heavy atom. The molecule has 3 atom stereocenters. The van der Waals surface area contributed by atoms with E-state index in [9.17, 15) is 8.42 Å². The van der Waals surface area contributed by atoms with Crippen molar-refractivity contribution >= 4 is 27.1 Å². The summed E-state index contributed by atoms with van der Waals surface area (Å²) in [4.78, 5) is 5.18. The van der Waals surface area contributed by atoms with Gasteiger partial charge in [0.05, 0.1) is 15.6 Å². The Hall–Kier alpha value is -1.04. The lowest BCUT2D eigenvalue weighted by Gasteiger charge is -2.38. The van der Waals surface area contributed by atoms with Crippen LogP contribution in [-0.2, 0) is 9.84 Å². The molecule has 0 N–H and O–H groups in total. The van der Waals surface area contributed by atoms with Gasteiger partial charge in [0.2, 0.25) is 0 Å². The molecule has 1 saturated heterocycles. The monoisotopic (exact) mass is 394 g/mol. The van der Waals surface area contributed by atoms with E-state index in [-0.39, 0.29) is 0 Å². The van der Waals surface area contributed by atoms with Gasteiger partial charge in [-0.15, -0.1) is 0 Å². The van der Waals surface area contributed by atoms with Gasteiger partial charge in [0.25, 0.3) is 0 Å². The summed E-state index contributed by atoms with van der Waals surface area (Å²) < 4.78 is 24.1. The summed E-state index contributed by atoms with van der Waals surface area (Å²) in [6, 6.07) is 3.53. The minimum atomic E-state index is -3.25. The fourth-order valence-corrected chi connectivity index (χ4v) is 6.20. The minimum Gasteiger partial charge on any atom is -0.368 e. The molecule has 1 heterocycles. The normalized spacial score (nSPS) is 28.9. The van der Waals surface area contributed by atoms with Gasteiger partial charge < -0.3 is 4.90 Å². The number of sulfone groups is 1. The third kappa shape index (κ3) is 3.54. The first-order valence-electron chi connectivity index (χ1n) is 9.47. The number of nitrogens with zero attached hydrogens (tertiary/aromatic N) is 2. The first-order valence-corrected chi connectivity index (χ1v) is 11.7. The Labute approximate surface area is 161 Å². The van der Waals surface area contributed by atoms with Crippen LogP contribution in [-0.4, -0.2) is 52.3 Å². The molecule has 1 aromatic rings. The van der Waals surface area contributed by atoms with Gasteiger partial charge in [0.1, 0.15) is 0 Å². The van der Waals surface area contributed by atoms with Gasteiger partial charge in [0.15, 0.2) is 9.84 Å². The fourth-order valence-electron chi connectivity index (χ4n) is 4.89. The molecule has 4 nitrogen and oxygen atoms in total. The van der Waals surface area contributed by atoms with E-state index in [0.29, 0.717) is 15.5 Å². The quantitative estimate of drug-likeness (QED) is 0.734. The molecule has 4 rings (SSSR count). The first kappa shape index (κ1) is 18.3. The highest BCUT2D eigenvalue weighted by Gasteiger charge is 2.36. The first-order chi connectivity index (χ1) is 12.3. The van der Waals surface area contributed by atoms with Crippen LogP contribution < -0.4 is 4.90 Å². The smallest absolute Gasteiger partial charge is 0.175 e. The van der Waals surface area contributed by atoms with Crippen LogP contribution in [0.25, 0.3) is 0 Å². The number of hydrogen-bond acceptors (Lipinski definition) is 4. The van der Waals surface area contributed by atoms with Crippen LogP contribution in [0.3, 0.4) is 0 Å². The Kier molecular flexibility index (Phi) is 4.82. The highest BCUT2D eigenvalue weighted by molar-refractivity contribution is 7.90. The third-order valence-electron chi connectivity index (χ3n) is 6.27. The number of halogens is 1. The number of piperazine rings is 1. The van der Waals surface area contributed by atoms with E-state index in [1.807, 2.05) is 0 Å². The summed E-state index contributed by atoms with van der Waals surface area (Å²) in [6.07, 6.45) is 8.79. The molecule has 2 aliphatic carbocycles. The number of anilines is 1. The molecule has 2 bridgehead atoms. The van der Waals surface area contributed by atoms with E-state index in [1.165, 1.54) is 25.6 Å². The van der Waals surface area contributed by atoms with Crippen molar-refractivity contribution in [3.05, 3.63) is 34.9 Å². The van der Waals surface area contributed by atoms with Crippen molar-refractivity contribution in [1.82, 2.24) is 4.90 Å². The van der Waals surface area contributed by atoms with Gasteiger partial charge in [-0.1, -0.05) is 23.8 Å². The Morgan fingerprint density at radius 1 is 1.12 bits per heavy atom. The number of hydrogen-bond donors (Lipinski definition) is 0. The average Bonchev–Trinajstić information content (AvgIpc) is 3.17. The molecule has 1 aromatic carbocycles. The lowest BCUT2D eigenvalue weighted by atomic mass is 9.93. The zero-order valence-electron chi connectivity index (χ0n) is 15.5. The van der Waals surface area contributed by atoms with Crippen LogP contribution in [0.5, 0.6) is 0 Å². The second-order valence-electron chi connectivity index (χ2n) is 8.17. The van der Waals surface area contributed by atoms with Gasteiger partial charge in [-0.05, 0) is 55.2 Å². The summed E-state index contributed by atoms with van der Waals surface area (Å²) in [5.41, 5.74) is 1.56. The minimum absolute atomic E-state index is 0.382. The van der Waals surface area contributed by atoms with Gasteiger partial charge in [-0.25, -0.2) is 8.42 Å². The van der Waals surface area contributed by atoms with Gasteiger partial charge >= 0.3 is 0 Å². The molecule has 0 aromatic heterocycles. The average molecular weight is 395 g/mol. The Bertz CT molecular complexity index is 828. The van der Waals surface area contributed by atoms with Crippen LogP contribution in [0.4, 0.5) is 5.69 Å². The molecule has 0 spiro atoms. The predicted octanol–water partition coefficient (Wildman–Crippen LogP) is 3.39. The zero-order chi connectivity index (χ0) is 18.5. The van der Waals surface area contributed by atoms with E-state index in [2.05, 4.69) is 22.0 Å². The Balaban J connectivity index is 1.42. The molecule has 2 fully saturated rings. The maximum atomic E-state index is 12.0. The molecule has 26 heavy (non-hydrogen) atoms. The van der Waals surface area contributed by atoms with Crippen molar-refractivity contribution in [3.63, 3.8) is 0 Å². The molecule has 142 valence electrons. The van der Waals surface area contributed by atoms with Crippen molar-refractivity contribution in [2.45, 2.75) is 24.7 Å². The van der Waals surface area contributed by atoms with E-state index in [4.69, 9.17) is 11.6 Å². The number of allylic oxidation sites excluding steroid dienone is 2. The second kappa shape index (κ2) is 6.84. The van der Waals surface area contributed by atoms with Crippen LogP contribution in [0.1, 0.15) is 18.4 Å². The number of benzene rings is 1. The van der Waals surface area contributed by atoms with Crippen molar-refractivity contribution in [2.75, 3.05) is 43.9 Å². The summed E-state index contributed by atoms with van der Waals surface area (Å²) >= 11 is 6.44. The molecule has 3 aliphatic rings. The highest BCUT2D eigenvalue weighted by Crippen LogP contribution is 2.43. The van der Waals surface area contributed by atoms with Gasteiger partial charge in [-0.2, -0.15) is 0 Å². The van der Waals surface area contributed by atoms with E-state index < -0.39 is 9.84 Å². The molecule has 0 amide bonds. The molecular weight excluding hydrogens is 368 g/mol. The van der Waals surface area contributed by atoms with E-state index in [1.54, 1.807) is 19.1 Å². The largest absolute Gasteiger partial charge is 0.368 e. The van der Waals surface area contributed by atoms with Crippen molar-refractivity contribution in [3.8, 4) is 0 Å². The van der Waals surface area contributed by atoms with Crippen LogP contribution in [0, 0.1) is 24.7 Å². The summed E-state index contributed by atoms with van der Waals surface area (Å²) in [6.45, 7) is 6.79. The standard InChI is InChI=1S/C20H27ClN2O2S/c1-14-9-18(21)19(12-20(14)26(2,24)25)23-7-5-22(6-8-23)13-17-11-15-3-4-16(17)10-15/h3-4,9,12,15-17H,5-8,10-11,13H2,1-2H3/t15-,16+,17+/m1/s1. The number of rotatable bonds is 4. The number of aryl methyl sites for hydroxylation is 1. The zero-order valence-corrected chi connectivity index (χ0v) is 17.1. The fraction of sp³-hybridized carbons (Fsp3) is 0.600. The molecule has 1 aliphatic heterocycles. The highest BCUT2D eigenvalue weighted by atomic mass is 35.5. The molecule has 1 saturated carbocycles. The SMILES string of the molecule is Cc1cc(Cl)c(N2CCN(C[C@@H]3C[C@@H]4C=C[C@H]3C4)CC2)cc1S(C)(=O)=O. The van der Waals surface area contributed by atoms with E-state index in [0.717, 1.165) is 49.6 Å². The number of fused-ring (bicyclic) bond motifs is 2. The summed E-state index contributed by atoms with van der Waals surface area (Å²) in [7, 11) is -3.25. The molecule has 0 unspecified atom stereocenters. The van der Waals surface area contributed by atoms with Gasteiger partial charge in [0, 0.05) is 39.0 Å². The maximum Gasteiger partial charge on any atom is 0.175 e. The van der Waals surface area contributed by atoms with Crippen molar-refractivity contribution < 1.29 is 8.42 Å². The van der Waals surface area contributed by atoms with Crippen LogP contribution >= 0.6 is 11.6 Å². The maximum absolute atomic E-state index is 12.0. The molecular formula is C20H27ClN2O2S. The van der Waals surface area contributed by atoms with E-state index >= 15 is 0 Å². The summed E-state index contributed by atoms with van der Waals surface area (Å²) in [5.74, 6) is 2.44. The predicted molar refractivity (Wildman–Crippen MR) is 107 cm³/mol. The summed E-state index contributed by atoms with van der Waals surface area (Å²) in [5, 5.41) is 0.640. The lowest BCUT2D eigenvalue weighted by Crippen LogP contribution is -2.48. The molecule has 0 radical (unpaired) electrons. The Morgan fingerprint density at radius 3 is 2.42 bits per heavy atom.